The molecule has 0 atom stereocenters. The molecule has 1 aliphatic heterocycles. The smallest absolute Gasteiger partial charge is 0.122 e. The number of hydrogen-bond donors (Lipinski definition) is 1. The number of benzene rings is 2. The molecule has 2 aromatic rings. The minimum Gasteiger partial charge on any atom is -0.331 e. The Kier molecular flexibility index (Phi) is 3.28. The molecule has 1 N–H and O–H groups in total. The van der Waals surface area contributed by atoms with E-state index in [1.807, 2.05) is 60.5 Å². The number of benzodiazepines with no additional fused rings is 1. The molecular formula is C16H14ClN3. The number of hydrogen-bond acceptors (Lipinski definition) is 2. The molecule has 0 saturated carbocycles. The van der Waals surface area contributed by atoms with E-state index in [-0.39, 0.29) is 0 Å². The number of likely N-dealkylation sites (N-methyl/N-ethyl adjacent to an activating group) is 1. The van der Waals surface area contributed by atoms with Crippen molar-refractivity contribution >= 4 is 28.8 Å². The first-order valence-electron chi connectivity index (χ1n) is 6.38. The first kappa shape index (κ1) is 12.9. The predicted octanol–water partition coefficient (Wildman–Crippen LogP) is 3.60. The Hall–Kier alpha value is -2.13. The number of aliphatic imine (C=N–C) groups is 1. The second-order valence-electron chi connectivity index (χ2n) is 4.70. The fourth-order valence-electron chi connectivity index (χ4n) is 2.32. The lowest BCUT2D eigenvalue weighted by Gasteiger charge is -2.20. The molecular weight excluding hydrogens is 270 g/mol. The molecule has 100 valence electrons. The zero-order chi connectivity index (χ0) is 14.1. The van der Waals surface area contributed by atoms with Gasteiger partial charge in [0, 0.05) is 23.2 Å². The summed E-state index contributed by atoms with van der Waals surface area (Å²) in [5, 5.41) is 8.73. The summed E-state index contributed by atoms with van der Waals surface area (Å²) in [7, 11) is 1.89. The zero-order valence-electron chi connectivity index (χ0n) is 11.1. The Morgan fingerprint density at radius 2 is 1.90 bits per heavy atom. The molecule has 20 heavy (non-hydrogen) atoms. The average Bonchev–Trinajstić information content (AvgIpc) is 2.58. The molecule has 0 unspecified atom stereocenters. The molecule has 0 spiro atoms. The summed E-state index contributed by atoms with van der Waals surface area (Å²) in [6, 6.07) is 15.7. The van der Waals surface area contributed by atoms with E-state index < -0.39 is 0 Å². The van der Waals surface area contributed by atoms with Crippen LogP contribution in [0.15, 0.2) is 53.5 Å². The van der Waals surface area contributed by atoms with Crippen molar-refractivity contribution in [1.29, 1.82) is 5.41 Å². The van der Waals surface area contributed by atoms with Gasteiger partial charge in [-0.1, -0.05) is 41.9 Å². The molecule has 1 aliphatic rings. The van der Waals surface area contributed by atoms with Crippen LogP contribution in [0.3, 0.4) is 0 Å². The lowest BCUT2D eigenvalue weighted by atomic mass is 10.0. The van der Waals surface area contributed by atoms with Crippen LogP contribution in [0.5, 0.6) is 0 Å². The second kappa shape index (κ2) is 5.10. The van der Waals surface area contributed by atoms with Gasteiger partial charge in [0.1, 0.15) is 5.84 Å². The number of fused-ring (bicyclic) bond motifs is 1. The predicted molar refractivity (Wildman–Crippen MR) is 84.5 cm³/mol. The maximum absolute atomic E-state index is 8.06. The van der Waals surface area contributed by atoms with Crippen LogP contribution in [0.1, 0.15) is 11.1 Å². The summed E-state index contributed by atoms with van der Waals surface area (Å²) in [5.74, 6) is 0.472. The Morgan fingerprint density at radius 3 is 2.65 bits per heavy atom. The Morgan fingerprint density at radius 1 is 1.15 bits per heavy atom. The minimum absolute atomic E-state index is 0.368. The van der Waals surface area contributed by atoms with Crippen LogP contribution in [0.2, 0.25) is 5.02 Å². The molecule has 0 aromatic heterocycles. The topological polar surface area (TPSA) is 39.5 Å². The van der Waals surface area contributed by atoms with E-state index in [1.54, 1.807) is 0 Å². The van der Waals surface area contributed by atoms with Gasteiger partial charge < -0.3 is 4.90 Å². The molecule has 0 bridgehead atoms. The van der Waals surface area contributed by atoms with Gasteiger partial charge in [0.15, 0.2) is 0 Å². The van der Waals surface area contributed by atoms with Crippen molar-refractivity contribution in [2.24, 2.45) is 4.99 Å². The third-order valence-electron chi connectivity index (χ3n) is 3.41. The Bertz CT molecular complexity index is 692. The van der Waals surface area contributed by atoms with Crippen molar-refractivity contribution in [3.8, 4) is 0 Å². The monoisotopic (exact) mass is 283 g/mol. The van der Waals surface area contributed by atoms with Crippen molar-refractivity contribution in [3.63, 3.8) is 0 Å². The van der Waals surface area contributed by atoms with Gasteiger partial charge in [0.05, 0.1) is 17.9 Å². The highest BCUT2D eigenvalue weighted by molar-refractivity contribution is 6.32. The second-order valence-corrected chi connectivity index (χ2v) is 5.13. The quantitative estimate of drug-likeness (QED) is 0.853. The largest absolute Gasteiger partial charge is 0.331 e. The number of nitrogens with one attached hydrogen (secondary N) is 1. The molecule has 0 radical (unpaired) electrons. The fraction of sp³-hybridized carbons (Fsp3) is 0.125. The SMILES string of the molecule is CN1C(=N)CN=C(c2ccccc2)c2cc(Cl)ccc21. The summed E-state index contributed by atoms with van der Waals surface area (Å²) >= 11 is 6.14. The van der Waals surface area contributed by atoms with E-state index in [4.69, 9.17) is 17.0 Å². The summed E-state index contributed by atoms with van der Waals surface area (Å²) in [4.78, 5) is 6.45. The van der Waals surface area contributed by atoms with Gasteiger partial charge in [0.25, 0.3) is 0 Å². The highest BCUT2D eigenvalue weighted by atomic mass is 35.5. The van der Waals surface area contributed by atoms with E-state index in [2.05, 4.69) is 4.99 Å². The van der Waals surface area contributed by atoms with E-state index >= 15 is 0 Å². The van der Waals surface area contributed by atoms with E-state index in [0.29, 0.717) is 17.4 Å². The number of rotatable bonds is 1. The van der Waals surface area contributed by atoms with Crippen LogP contribution in [0.4, 0.5) is 5.69 Å². The zero-order valence-corrected chi connectivity index (χ0v) is 11.9. The molecule has 0 aliphatic carbocycles. The van der Waals surface area contributed by atoms with Crippen LogP contribution >= 0.6 is 11.6 Å². The lowest BCUT2D eigenvalue weighted by molar-refractivity contribution is 1.16. The lowest BCUT2D eigenvalue weighted by Crippen LogP contribution is -2.27. The van der Waals surface area contributed by atoms with Crippen molar-refractivity contribution in [1.82, 2.24) is 0 Å². The van der Waals surface area contributed by atoms with Crippen LogP contribution < -0.4 is 4.90 Å². The molecule has 0 fully saturated rings. The summed E-state index contributed by atoms with van der Waals surface area (Å²) in [6.07, 6.45) is 0. The van der Waals surface area contributed by atoms with Crippen molar-refractivity contribution in [2.75, 3.05) is 18.5 Å². The van der Waals surface area contributed by atoms with Crippen LogP contribution in [0.25, 0.3) is 0 Å². The normalized spacial score (nSPS) is 14.6. The van der Waals surface area contributed by atoms with E-state index in [0.717, 1.165) is 22.5 Å². The van der Waals surface area contributed by atoms with Gasteiger partial charge in [-0.15, -0.1) is 0 Å². The van der Waals surface area contributed by atoms with Crippen molar-refractivity contribution in [3.05, 3.63) is 64.7 Å². The van der Waals surface area contributed by atoms with Gasteiger partial charge in [-0.3, -0.25) is 10.4 Å². The Labute approximate surface area is 123 Å². The van der Waals surface area contributed by atoms with Gasteiger partial charge in [0.2, 0.25) is 0 Å². The molecule has 3 nitrogen and oxygen atoms in total. The molecule has 0 saturated heterocycles. The van der Waals surface area contributed by atoms with Crippen molar-refractivity contribution < 1.29 is 0 Å². The Balaban J connectivity index is 2.23. The van der Waals surface area contributed by atoms with Gasteiger partial charge in [-0.25, -0.2) is 0 Å². The summed E-state index contributed by atoms with van der Waals surface area (Å²) in [5.41, 5.74) is 3.85. The fourth-order valence-corrected chi connectivity index (χ4v) is 2.50. The number of nitrogens with zero attached hydrogens (tertiary/aromatic N) is 2. The standard InChI is InChI=1S/C16H14ClN3/c1-20-14-8-7-12(17)9-13(14)16(19-10-15(20)18)11-5-3-2-4-6-11/h2-9,18H,10H2,1H3. The molecule has 4 heteroatoms. The van der Waals surface area contributed by atoms with Gasteiger partial charge >= 0.3 is 0 Å². The number of anilines is 1. The maximum Gasteiger partial charge on any atom is 0.122 e. The van der Waals surface area contributed by atoms with Crippen molar-refractivity contribution in [2.45, 2.75) is 0 Å². The van der Waals surface area contributed by atoms with Gasteiger partial charge in [-0.05, 0) is 18.2 Å². The first-order valence-corrected chi connectivity index (χ1v) is 6.75. The summed E-state index contributed by atoms with van der Waals surface area (Å²) < 4.78 is 0. The highest BCUT2D eigenvalue weighted by Crippen LogP contribution is 2.28. The maximum atomic E-state index is 8.06. The summed E-state index contributed by atoms with van der Waals surface area (Å²) in [6.45, 7) is 0.368. The molecule has 1 heterocycles. The number of halogens is 1. The minimum atomic E-state index is 0.368. The van der Waals surface area contributed by atoms with Gasteiger partial charge in [-0.2, -0.15) is 0 Å². The molecule has 0 amide bonds. The van der Waals surface area contributed by atoms with Crippen LogP contribution in [-0.2, 0) is 0 Å². The van der Waals surface area contributed by atoms with E-state index in [1.165, 1.54) is 0 Å². The highest BCUT2D eigenvalue weighted by Gasteiger charge is 2.20. The average molecular weight is 284 g/mol. The molecule has 3 rings (SSSR count). The third kappa shape index (κ3) is 2.21. The number of amidine groups is 1. The van der Waals surface area contributed by atoms with E-state index in [9.17, 15) is 0 Å². The van der Waals surface area contributed by atoms with Crippen LogP contribution in [0, 0.1) is 5.41 Å². The first-order chi connectivity index (χ1) is 9.66. The van der Waals surface area contributed by atoms with Crippen LogP contribution in [-0.4, -0.2) is 25.1 Å². The third-order valence-corrected chi connectivity index (χ3v) is 3.65. The molecule has 2 aromatic carbocycles.